The van der Waals surface area contributed by atoms with Gasteiger partial charge in [-0.2, -0.15) is 0 Å². The fourth-order valence-electron chi connectivity index (χ4n) is 0.980. The highest BCUT2D eigenvalue weighted by atomic mass is 35.5. The van der Waals surface area contributed by atoms with Crippen molar-refractivity contribution in [3.05, 3.63) is 34.7 Å². The number of halogens is 2. The highest BCUT2D eigenvalue weighted by Gasteiger charge is 2.09. The van der Waals surface area contributed by atoms with E-state index >= 15 is 0 Å². The summed E-state index contributed by atoms with van der Waals surface area (Å²) in [5, 5.41) is 0.891. The molecule has 66 valence electrons. The van der Waals surface area contributed by atoms with Crippen LogP contribution in [0.3, 0.4) is 0 Å². The first-order chi connectivity index (χ1) is 6.29. The molecule has 0 unspecified atom stereocenters. The van der Waals surface area contributed by atoms with Gasteiger partial charge in [0.15, 0.2) is 5.82 Å². The van der Waals surface area contributed by atoms with Gasteiger partial charge in [-0.05, 0) is 6.07 Å². The molecule has 0 aliphatic rings. The number of aromatic nitrogens is 3. The fourth-order valence-corrected chi connectivity index (χ4v) is 1.33. The Bertz CT molecular complexity index is 411. The Kier molecular flexibility index (Phi) is 2.20. The second-order valence-corrected chi connectivity index (χ2v) is 3.18. The average Bonchev–Trinajstić information content (AvgIpc) is 2.62. The number of pyridine rings is 1. The predicted octanol–water partition coefficient (Wildman–Crippen LogP) is 2.78. The number of rotatable bonds is 1. The Labute approximate surface area is 84.7 Å². The first-order valence-electron chi connectivity index (χ1n) is 3.59. The van der Waals surface area contributed by atoms with Crippen molar-refractivity contribution in [1.82, 2.24) is 15.0 Å². The van der Waals surface area contributed by atoms with E-state index in [1.165, 1.54) is 0 Å². The van der Waals surface area contributed by atoms with Gasteiger partial charge in [0.1, 0.15) is 5.69 Å². The molecule has 2 heterocycles. The van der Waals surface area contributed by atoms with Crippen LogP contribution in [-0.2, 0) is 0 Å². The zero-order chi connectivity index (χ0) is 9.26. The minimum atomic E-state index is 0.416. The van der Waals surface area contributed by atoms with Gasteiger partial charge in [-0.3, -0.25) is 4.98 Å². The Hall–Kier alpha value is -1.06. The average molecular weight is 214 g/mol. The number of hydrogen-bond donors (Lipinski definition) is 1. The molecule has 0 aliphatic heterocycles. The van der Waals surface area contributed by atoms with Crippen LogP contribution in [0.1, 0.15) is 0 Å². The summed E-state index contributed by atoms with van der Waals surface area (Å²) in [6, 6.07) is 1.64. The molecule has 0 atom stereocenters. The number of aromatic amines is 1. The third-order valence-corrected chi connectivity index (χ3v) is 2.36. The van der Waals surface area contributed by atoms with Gasteiger partial charge in [0, 0.05) is 18.6 Å². The molecule has 0 spiro atoms. The molecule has 0 bridgehead atoms. The molecule has 0 saturated heterocycles. The van der Waals surface area contributed by atoms with Gasteiger partial charge in [-0.25, -0.2) is 4.98 Å². The van der Waals surface area contributed by atoms with Crippen LogP contribution in [0.2, 0.25) is 10.0 Å². The Morgan fingerprint density at radius 3 is 2.69 bits per heavy atom. The van der Waals surface area contributed by atoms with Gasteiger partial charge < -0.3 is 4.98 Å². The summed E-state index contributed by atoms with van der Waals surface area (Å²) < 4.78 is 0. The zero-order valence-corrected chi connectivity index (χ0v) is 7.97. The maximum Gasteiger partial charge on any atom is 0.157 e. The molecular formula is C8H5Cl2N3. The van der Waals surface area contributed by atoms with Crippen LogP contribution < -0.4 is 0 Å². The third kappa shape index (κ3) is 1.53. The first-order valence-corrected chi connectivity index (χ1v) is 4.34. The molecule has 0 aromatic carbocycles. The Morgan fingerprint density at radius 2 is 2.00 bits per heavy atom. The van der Waals surface area contributed by atoms with E-state index in [1.807, 2.05) is 0 Å². The largest absolute Gasteiger partial charge is 0.343 e. The van der Waals surface area contributed by atoms with Gasteiger partial charge in [0.2, 0.25) is 0 Å². The van der Waals surface area contributed by atoms with E-state index in [1.54, 1.807) is 24.7 Å². The maximum absolute atomic E-state index is 5.93. The second-order valence-electron chi connectivity index (χ2n) is 2.39. The molecule has 2 aromatic heterocycles. The molecule has 0 fully saturated rings. The molecule has 0 amide bonds. The van der Waals surface area contributed by atoms with Crippen molar-refractivity contribution in [2.75, 3.05) is 0 Å². The van der Waals surface area contributed by atoms with E-state index in [2.05, 4.69) is 15.0 Å². The molecular weight excluding hydrogens is 209 g/mol. The molecule has 13 heavy (non-hydrogen) atoms. The third-order valence-electron chi connectivity index (χ3n) is 1.56. The van der Waals surface area contributed by atoms with Crippen LogP contribution in [0.15, 0.2) is 24.7 Å². The lowest BCUT2D eigenvalue weighted by Crippen LogP contribution is -1.86. The number of nitrogens with one attached hydrogen (secondary N) is 1. The molecule has 2 aromatic rings. The number of imidazole rings is 1. The number of H-pyrrole nitrogens is 1. The lowest BCUT2D eigenvalue weighted by molar-refractivity contribution is 1.22. The molecule has 0 radical (unpaired) electrons. The van der Waals surface area contributed by atoms with Crippen LogP contribution in [0.25, 0.3) is 11.5 Å². The minimum absolute atomic E-state index is 0.416. The summed E-state index contributed by atoms with van der Waals surface area (Å²) in [4.78, 5) is 11.0. The van der Waals surface area contributed by atoms with Gasteiger partial charge in [0.25, 0.3) is 0 Å². The van der Waals surface area contributed by atoms with Crippen molar-refractivity contribution in [3.63, 3.8) is 0 Å². The maximum atomic E-state index is 5.93. The summed E-state index contributed by atoms with van der Waals surface area (Å²) in [6.07, 6.45) is 4.93. The molecule has 2 rings (SSSR count). The molecule has 0 aliphatic carbocycles. The number of nitrogens with zero attached hydrogens (tertiary/aromatic N) is 2. The van der Waals surface area contributed by atoms with Gasteiger partial charge in [-0.1, -0.05) is 23.2 Å². The standard InChI is InChI=1S/C8H5Cl2N3/c9-5-1-2-11-7(6(5)10)8-12-3-4-13-8/h1-4H,(H,12,13). The topological polar surface area (TPSA) is 41.6 Å². The lowest BCUT2D eigenvalue weighted by Gasteiger charge is -2.00. The summed E-state index contributed by atoms with van der Waals surface area (Å²) in [5.74, 6) is 0.618. The van der Waals surface area contributed by atoms with Gasteiger partial charge in [0.05, 0.1) is 10.0 Å². The highest BCUT2D eigenvalue weighted by molar-refractivity contribution is 6.43. The summed E-state index contributed by atoms with van der Waals surface area (Å²) in [6.45, 7) is 0. The monoisotopic (exact) mass is 213 g/mol. The second kappa shape index (κ2) is 3.36. The lowest BCUT2D eigenvalue weighted by atomic mass is 10.3. The van der Waals surface area contributed by atoms with E-state index in [9.17, 15) is 0 Å². The van der Waals surface area contributed by atoms with Crippen LogP contribution in [0.5, 0.6) is 0 Å². The fraction of sp³-hybridized carbons (Fsp3) is 0. The molecule has 0 saturated carbocycles. The van der Waals surface area contributed by atoms with Crippen LogP contribution in [-0.4, -0.2) is 15.0 Å². The summed E-state index contributed by atoms with van der Waals surface area (Å²) >= 11 is 11.7. The quantitative estimate of drug-likeness (QED) is 0.792. The van der Waals surface area contributed by atoms with Crippen LogP contribution in [0, 0.1) is 0 Å². The number of hydrogen-bond acceptors (Lipinski definition) is 2. The summed E-state index contributed by atoms with van der Waals surface area (Å²) in [7, 11) is 0. The molecule has 3 nitrogen and oxygen atoms in total. The van der Waals surface area contributed by atoms with E-state index in [0.29, 0.717) is 21.6 Å². The summed E-state index contributed by atoms with van der Waals surface area (Å²) in [5.41, 5.74) is 0.569. The smallest absolute Gasteiger partial charge is 0.157 e. The van der Waals surface area contributed by atoms with E-state index in [0.717, 1.165) is 0 Å². The Morgan fingerprint density at radius 1 is 1.15 bits per heavy atom. The molecule has 5 heteroatoms. The minimum Gasteiger partial charge on any atom is -0.343 e. The first kappa shape index (κ1) is 8.53. The van der Waals surface area contributed by atoms with Crippen molar-refractivity contribution in [2.45, 2.75) is 0 Å². The van der Waals surface area contributed by atoms with E-state index in [4.69, 9.17) is 23.2 Å². The molecule has 1 N–H and O–H groups in total. The highest BCUT2D eigenvalue weighted by Crippen LogP contribution is 2.29. The van der Waals surface area contributed by atoms with Crippen molar-refractivity contribution >= 4 is 23.2 Å². The van der Waals surface area contributed by atoms with Crippen molar-refractivity contribution in [2.24, 2.45) is 0 Å². The Balaban J connectivity index is 2.59. The van der Waals surface area contributed by atoms with Crippen LogP contribution >= 0.6 is 23.2 Å². The van der Waals surface area contributed by atoms with Crippen molar-refractivity contribution in [3.8, 4) is 11.5 Å². The van der Waals surface area contributed by atoms with E-state index < -0.39 is 0 Å². The van der Waals surface area contributed by atoms with Gasteiger partial charge >= 0.3 is 0 Å². The van der Waals surface area contributed by atoms with Crippen molar-refractivity contribution < 1.29 is 0 Å². The predicted molar refractivity (Wildman–Crippen MR) is 51.8 cm³/mol. The van der Waals surface area contributed by atoms with Crippen molar-refractivity contribution in [1.29, 1.82) is 0 Å². The zero-order valence-electron chi connectivity index (χ0n) is 6.46. The van der Waals surface area contributed by atoms with E-state index in [-0.39, 0.29) is 0 Å². The SMILES string of the molecule is Clc1ccnc(-c2ncc[nH]2)c1Cl. The van der Waals surface area contributed by atoms with Gasteiger partial charge in [-0.15, -0.1) is 0 Å². The normalized spacial score (nSPS) is 10.3. The van der Waals surface area contributed by atoms with Crippen LogP contribution in [0.4, 0.5) is 0 Å².